The molecule has 0 saturated heterocycles. The third kappa shape index (κ3) is 1.96. The molecule has 0 N–H and O–H groups in total. The second-order valence-electron chi connectivity index (χ2n) is 2.71. The first-order chi connectivity index (χ1) is 5.61. The third-order valence-corrected chi connectivity index (χ3v) is 1.37. The Balaban J connectivity index is 2.96. The molecule has 1 heterocycles. The van der Waals surface area contributed by atoms with E-state index in [1.54, 1.807) is 0 Å². The molecular formula is C8H9F2N2. The fourth-order valence-electron chi connectivity index (χ4n) is 0.739. The number of alkyl halides is 2. The fourth-order valence-corrected chi connectivity index (χ4v) is 0.739. The van der Waals surface area contributed by atoms with E-state index in [2.05, 4.69) is 16.0 Å². The molecule has 1 radical (unpaired) electrons. The normalized spacial score (nSPS) is 11.2. The van der Waals surface area contributed by atoms with E-state index in [0.29, 0.717) is 5.82 Å². The molecule has 0 atom stereocenters. The molecule has 0 bridgehead atoms. The lowest BCUT2D eigenvalue weighted by Crippen LogP contribution is -2.00. The molecule has 0 unspecified atom stereocenters. The van der Waals surface area contributed by atoms with Crippen molar-refractivity contribution in [1.29, 1.82) is 0 Å². The third-order valence-electron chi connectivity index (χ3n) is 1.37. The van der Waals surface area contributed by atoms with Crippen molar-refractivity contribution in [2.45, 2.75) is 26.2 Å². The van der Waals surface area contributed by atoms with Crippen LogP contribution in [0.5, 0.6) is 0 Å². The standard InChI is InChI=1S/C8H9F2N2/c1-5(2)8-11-4-3-6(12-8)7(9)10/h4-5,7H,1-2H3. The molecule has 12 heavy (non-hydrogen) atoms. The van der Waals surface area contributed by atoms with Crippen molar-refractivity contribution < 1.29 is 8.78 Å². The predicted molar refractivity (Wildman–Crippen MR) is 39.9 cm³/mol. The maximum absolute atomic E-state index is 12.1. The Bertz CT molecular complexity index is 238. The summed E-state index contributed by atoms with van der Waals surface area (Å²) in [5, 5.41) is 0. The van der Waals surface area contributed by atoms with Crippen LogP contribution in [0.25, 0.3) is 0 Å². The SMILES string of the molecule is CC(C)c1nc[c]c(C(F)F)n1. The molecule has 1 aromatic heterocycles. The molecular weight excluding hydrogens is 162 g/mol. The van der Waals surface area contributed by atoms with Gasteiger partial charge in [-0.15, -0.1) is 0 Å². The second-order valence-corrected chi connectivity index (χ2v) is 2.71. The summed E-state index contributed by atoms with van der Waals surface area (Å²) < 4.78 is 24.2. The number of hydrogen-bond acceptors (Lipinski definition) is 2. The molecule has 0 fully saturated rings. The van der Waals surface area contributed by atoms with E-state index in [0.717, 1.165) is 0 Å². The zero-order chi connectivity index (χ0) is 9.14. The quantitative estimate of drug-likeness (QED) is 0.682. The summed E-state index contributed by atoms with van der Waals surface area (Å²) in [6.07, 6.45) is -1.32. The highest BCUT2D eigenvalue weighted by atomic mass is 19.3. The number of nitrogens with zero attached hydrogens (tertiary/aromatic N) is 2. The highest BCUT2D eigenvalue weighted by molar-refractivity contribution is 5.03. The van der Waals surface area contributed by atoms with Crippen LogP contribution < -0.4 is 0 Å². The molecule has 0 aliphatic rings. The fraction of sp³-hybridized carbons (Fsp3) is 0.500. The lowest BCUT2D eigenvalue weighted by molar-refractivity contribution is 0.145. The largest absolute Gasteiger partial charge is 0.281 e. The van der Waals surface area contributed by atoms with Gasteiger partial charge in [-0.05, 0) is 0 Å². The summed E-state index contributed by atoms with van der Waals surface area (Å²) in [7, 11) is 0. The van der Waals surface area contributed by atoms with Gasteiger partial charge >= 0.3 is 0 Å². The van der Waals surface area contributed by atoms with Gasteiger partial charge in [0, 0.05) is 18.2 Å². The topological polar surface area (TPSA) is 25.8 Å². The van der Waals surface area contributed by atoms with Crippen molar-refractivity contribution in [2.24, 2.45) is 0 Å². The number of aromatic nitrogens is 2. The van der Waals surface area contributed by atoms with Crippen molar-refractivity contribution in [3.05, 3.63) is 23.8 Å². The van der Waals surface area contributed by atoms with Crippen molar-refractivity contribution in [3.63, 3.8) is 0 Å². The molecule has 1 aromatic rings. The van der Waals surface area contributed by atoms with Gasteiger partial charge in [0.2, 0.25) is 0 Å². The van der Waals surface area contributed by atoms with E-state index in [4.69, 9.17) is 0 Å². The van der Waals surface area contributed by atoms with Gasteiger partial charge < -0.3 is 0 Å². The van der Waals surface area contributed by atoms with E-state index in [-0.39, 0.29) is 11.6 Å². The number of hydrogen-bond donors (Lipinski definition) is 0. The van der Waals surface area contributed by atoms with E-state index >= 15 is 0 Å². The van der Waals surface area contributed by atoms with E-state index in [1.165, 1.54) is 6.20 Å². The van der Waals surface area contributed by atoms with Crippen LogP contribution >= 0.6 is 0 Å². The van der Waals surface area contributed by atoms with Gasteiger partial charge in [-0.1, -0.05) is 13.8 Å². The zero-order valence-corrected chi connectivity index (χ0v) is 6.88. The maximum Gasteiger partial charge on any atom is 0.281 e. The van der Waals surface area contributed by atoms with Crippen molar-refractivity contribution in [2.75, 3.05) is 0 Å². The van der Waals surface area contributed by atoms with Gasteiger partial charge in [-0.25, -0.2) is 18.7 Å². The van der Waals surface area contributed by atoms with Crippen molar-refractivity contribution in [1.82, 2.24) is 9.97 Å². The van der Waals surface area contributed by atoms with Crippen LogP contribution in [0.4, 0.5) is 8.78 Å². The van der Waals surface area contributed by atoms with E-state index < -0.39 is 6.43 Å². The molecule has 0 aliphatic carbocycles. The Morgan fingerprint density at radius 3 is 2.58 bits per heavy atom. The van der Waals surface area contributed by atoms with Crippen LogP contribution in [0.1, 0.15) is 37.7 Å². The molecule has 0 aromatic carbocycles. The molecule has 0 saturated carbocycles. The van der Waals surface area contributed by atoms with Crippen LogP contribution in [0.2, 0.25) is 0 Å². The van der Waals surface area contributed by atoms with Crippen LogP contribution in [0.3, 0.4) is 0 Å². The van der Waals surface area contributed by atoms with Gasteiger partial charge in [0.15, 0.2) is 0 Å². The molecule has 2 nitrogen and oxygen atoms in total. The Labute approximate surface area is 69.7 Å². The summed E-state index contributed by atoms with van der Waals surface area (Å²) in [6.45, 7) is 3.70. The molecule has 0 amide bonds. The average Bonchev–Trinajstić information content (AvgIpc) is 2.04. The second kappa shape index (κ2) is 3.56. The van der Waals surface area contributed by atoms with Crippen LogP contribution in [0, 0.1) is 6.07 Å². The van der Waals surface area contributed by atoms with E-state index in [9.17, 15) is 8.78 Å². The first kappa shape index (κ1) is 9.03. The molecule has 1 rings (SSSR count). The minimum Gasteiger partial charge on any atom is -0.240 e. The smallest absolute Gasteiger partial charge is 0.240 e. The van der Waals surface area contributed by atoms with Crippen LogP contribution in [-0.2, 0) is 0 Å². The molecule has 0 aliphatic heterocycles. The Kier molecular flexibility index (Phi) is 2.68. The summed E-state index contributed by atoms with van der Waals surface area (Å²) in [4.78, 5) is 7.48. The van der Waals surface area contributed by atoms with Crippen molar-refractivity contribution >= 4 is 0 Å². The van der Waals surface area contributed by atoms with Crippen molar-refractivity contribution in [3.8, 4) is 0 Å². The number of rotatable bonds is 2. The lowest BCUT2D eigenvalue weighted by Gasteiger charge is -2.03. The molecule has 65 valence electrons. The summed E-state index contributed by atoms with van der Waals surface area (Å²) >= 11 is 0. The summed E-state index contributed by atoms with van der Waals surface area (Å²) in [5.41, 5.74) is -0.325. The summed E-state index contributed by atoms with van der Waals surface area (Å²) in [5.74, 6) is 0.501. The van der Waals surface area contributed by atoms with Gasteiger partial charge in [0.25, 0.3) is 6.43 Å². The Hall–Kier alpha value is -1.06. The predicted octanol–water partition coefficient (Wildman–Crippen LogP) is 2.34. The lowest BCUT2D eigenvalue weighted by atomic mass is 10.2. The Morgan fingerprint density at radius 1 is 1.42 bits per heavy atom. The van der Waals surface area contributed by atoms with Gasteiger partial charge in [0.05, 0.1) is 0 Å². The van der Waals surface area contributed by atoms with Gasteiger partial charge in [0.1, 0.15) is 11.5 Å². The highest BCUT2D eigenvalue weighted by Gasteiger charge is 2.11. The summed E-state index contributed by atoms with van der Waals surface area (Å²) in [6, 6.07) is 2.29. The molecule has 0 spiro atoms. The van der Waals surface area contributed by atoms with Crippen LogP contribution in [0.15, 0.2) is 6.20 Å². The molecule has 4 heteroatoms. The van der Waals surface area contributed by atoms with Crippen LogP contribution in [-0.4, -0.2) is 9.97 Å². The minimum absolute atomic E-state index is 0.0668. The minimum atomic E-state index is -2.56. The van der Waals surface area contributed by atoms with Gasteiger partial charge in [-0.3, -0.25) is 0 Å². The first-order valence-corrected chi connectivity index (χ1v) is 3.64. The first-order valence-electron chi connectivity index (χ1n) is 3.64. The van der Waals surface area contributed by atoms with E-state index in [1.807, 2.05) is 13.8 Å². The Morgan fingerprint density at radius 2 is 2.08 bits per heavy atom. The number of halogens is 2. The average molecular weight is 171 g/mol. The zero-order valence-electron chi connectivity index (χ0n) is 6.88. The monoisotopic (exact) mass is 171 g/mol. The highest BCUT2D eigenvalue weighted by Crippen LogP contribution is 2.16. The maximum atomic E-state index is 12.1. The van der Waals surface area contributed by atoms with Gasteiger partial charge in [-0.2, -0.15) is 0 Å².